The van der Waals surface area contributed by atoms with Crippen LogP contribution in [0.25, 0.3) is 0 Å². The van der Waals surface area contributed by atoms with Gasteiger partial charge in [-0.1, -0.05) is 6.07 Å². The summed E-state index contributed by atoms with van der Waals surface area (Å²) in [5.74, 6) is -0.638. The van der Waals surface area contributed by atoms with Gasteiger partial charge in [0.15, 0.2) is 0 Å². The first-order valence-electron chi connectivity index (χ1n) is 5.69. The Hall–Kier alpha value is -0.670. The molecule has 1 aliphatic rings. The second kappa shape index (κ2) is 4.91. The molecule has 0 radical (unpaired) electrons. The van der Waals surface area contributed by atoms with E-state index in [9.17, 15) is 8.78 Å². The van der Waals surface area contributed by atoms with Crippen molar-refractivity contribution in [3.63, 3.8) is 0 Å². The molecule has 2 unspecified atom stereocenters. The first-order valence-corrected chi connectivity index (χ1v) is 6.22. The number of benzene rings is 1. The van der Waals surface area contributed by atoms with Gasteiger partial charge in [0.2, 0.25) is 0 Å². The predicted molar refractivity (Wildman–Crippen MR) is 63.2 cm³/mol. The second-order valence-corrected chi connectivity index (χ2v) is 4.94. The van der Waals surface area contributed by atoms with E-state index >= 15 is 0 Å². The van der Waals surface area contributed by atoms with Gasteiger partial charge >= 0.3 is 0 Å². The SMILES string of the molecule is CC1OCCC1(CCl)Cc1ccc(F)cc1F. The number of rotatable bonds is 3. The van der Waals surface area contributed by atoms with Gasteiger partial charge < -0.3 is 4.74 Å². The van der Waals surface area contributed by atoms with Gasteiger partial charge in [0.1, 0.15) is 11.6 Å². The Morgan fingerprint density at radius 2 is 2.24 bits per heavy atom. The van der Waals surface area contributed by atoms with Crippen LogP contribution in [0.3, 0.4) is 0 Å². The van der Waals surface area contributed by atoms with E-state index in [0.29, 0.717) is 24.5 Å². The first-order chi connectivity index (χ1) is 8.07. The Morgan fingerprint density at radius 1 is 1.47 bits per heavy atom. The summed E-state index contributed by atoms with van der Waals surface area (Å²) in [6.45, 7) is 2.60. The maximum absolute atomic E-state index is 13.6. The molecule has 1 saturated heterocycles. The molecule has 2 rings (SSSR count). The normalized spacial score (nSPS) is 28.6. The van der Waals surface area contributed by atoms with Crippen LogP contribution < -0.4 is 0 Å². The molecule has 0 aliphatic carbocycles. The lowest BCUT2D eigenvalue weighted by Gasteiger charge is -2.30. The van der Waals surface area contributed by atoms with E-state index in [1.165, 1.54) is 12.1 Å². The number of alkyl halides is 1. The highest BCUT2D eigenvalue weighted by Crippen LogP contribution is 2.39. The van der Waals surface area contributed by atoms with Gasteiger partial charge in [-0.25, -0.2) is 8.78 Å². The zero-order chi connectivity index (χ0) is 12.5. The second-order valence-electron chi connectivity index (χ2n) is 4.67. The highest BCUT2D eigenvalue weighted by atomic mass is 35.5. The molecule has 1 aromatic carbocycles. The van der Waals surface area contributed by atoms with Crippen LogP contribution in [0.2, 0.25) is 0 Å². The standard InChI is InChI=1S/C13H15ClF2O/c1-9-13(8-14,4-5-17-9)7-10-2-3-11(15)6-12(10)16/h2-3,6,9H,4-5,7-8H2,1H3. The van der Waals surface area contributed by atoms with Crippen molar-refractivity contribution in [2.45, 2.75) is 25.9 Å². The fourth-order valence-electron chi connectivity index (χ4n) is 2.32. The van der Waals surface area contributed by atoms with Crippen molar-refractivity contribution in [1.82, 2.24) is 0 Å². The molecule has 1 aromatic rings. The quantitative estimate of drug-likeness (QED) is 0.756. The van der Waals surface area contributed by atoms with Crippen molar-refractivity contribution in [2.24, 2.45) is 5.41 Å². The lowest BCUT2D eigenvalue weighted by molar-refractivity contribution is 0.0732. The maximum Gasteiger partial charge on any atom is 0.129 e. The third-order valence-corrected chi connectivity index (χ3v) is 4.19. The Kier molecular flexibility index (Phi) is 3.69. The average molecular weight is 261 g/mol. The molecule has 1 fully saturated rings. The minimum absolute atomic E-state index is 0.00412. The molecule has 2 atom stereocenters. The van der Waals surface area contributed by atoms with Crippen molar-refractivity contribution in [2.75, 3.05) is 12.5 Å². The van der Waals surface area contributed by atoms with Crippen molar-refractivity contribution >= 4 is 11.6 Å². The van der Waals surface area contributed by atoms with Gasteiger partial charge in [0.05, 0.1) is 6.10 Å². The van der Waals surface area contributed by atoms with Crippen molar-refractivity contribution in [3.05, 3.63) is 35.4 Å². The zero-order valence-corrected chi connectivity index (χ0v) is 10.4. The Bertz CT molecular complexity index is 410. The number of halogens is 3. The smallest absolute Gasteiger partial charge is 0.129 e. The predicted octanol–water partition coefficient (Wildman–Crippen LogP) is 3.54. The van der Waals surface area contributed by atoms with Crippen LogP contribution in [0.4, 0.5) is 8.78 Å². The maximum atomic E-state index is 13.6. The summed E-state index contributed by atoms with van der Waals surface area (Å²) < 4.78 is 32.0. The molecule has 1 heterocycles. The molecule has 0 aromatic heterocycles. The Balaban J connectivity index is 2.24. The van der Waals surface area contributed by atoms with Gasteiger partial charge in [-0.15, -0.1) is 11.6 Å². The van der Waals surface area contributed by atoms with Crippen LogP contribution in [0, 0.1) is 17.0 Å². The summed E-state index contributed by atoms with van der Waals surface area (Å²) in [7, 11) is 0. The summed E-state index contributed by atoms with van der Waals surface area (Å²) >= 11 is 6.02. The molecule has 0 saturated carbocycles. The summed E-state index contributed by atoms with van der Waals surface area (Å²) in [4.78, 5) is 0. The summed E-state index contributed by atoms with van der Waals surface area (Å²) in [5.41, 5.74) is 0.268. The van der Waals surface area contributed by atoms with Crippen molar-refractivity contribution in [3.8, 4) is 0 Å². The van der Waals surface area contributed by atoms with Crippen molar-refractivity contribution in [1.29, 1.82) is 0 Å². The monoisotopic (exact) mass is 260 g/mol. The largest absolute Gasteiger partial charge is 0.378 e. The van der Waals surface area contributed by atoms with E-state index in [0.717, 1.165) is 12.5 Å². The number of hydrogen-bond acceptors (Lipinski definition) is 1. The highest BCUT2D eigenvalue weighted by Gasteiger charge is 2.41. The Morgan fingerprint density at radius 3 is 2.76 bits per heavy atom. The van der Waals surface area contributed by atoms with E-state index < -0.39 is 11.6 Å². The van der Waals surface area contributed by atoms with Gasteiger partial charge in [-0.05, 0) is 31.4 Å². The van der Waals surface area contributed by atoms with Crippen molar-refractivity contribution < 1.29 is 13.5 Å². The summed E-state index contributed by atoms with van der Waals surface area (Å²) in [5, 5.41) is 0. The van der Waals surface area contributed by atoms with E-state index in [1.807, 2.05) is 6.92 Å². The lowest BCUT2D eigenvalue weighted by Crippen LogP contribution is -2.33. The third kappa shape index (κ3) is 2.45. The molecular weight excluding hydrogens is 246 g/mol. The molecule has 0 bridgehead atoms. The molecule has 0 amide bonds. The van der Waals surface area contributed by atoms with Crippen LogP contribution in [-0.2, 0) is 11.2 Å². The summed E-state index contributed by atoms with van der Waals surface area (Å²) in [6, 6.07) is 3.68. The zero-order valence-electron chi connectivity index (χ0n) is 9.68. The molecule has 17 heavy (non-hydrogen) atoms. The van der Waals surface area contributed by atoms with E-state index in [2.05, 4.69) is 0 Å². The van der Waals surface area contributed by atoms with Crippen LogP contribution in [0.15, 0.2) is 18.2 Å². The fraction of sp³-hybridized carbons (Fsp3) is 0.538. The lowest BCUT2D eigenvalue weighted by atomic mass is 9.78. The number of ether oxygens (including phenoxy) is 1. The van der Waals surface area contributed by atoms with Crippen LogP contribution in [0.1, 0.15) is 18.9 Å². The third-order valence-electron chi connectivity index (χ3n) is 3.65. The van der Waals surface area contributed by atoms with Gasteiger partial charge in [0, 0.05) is 24.0 Å². The molecule has 0 N–H and O–H groups in total. The van der Waals surface area contributed by atoms with Crippen LogP contribution >= 0.6 is 11.6 Å². The van der Waals surface area contributed by atoms with Gasteiger partial charge in [-0.3, -0.25) is 0 Å². The van der Waals surface area contributed by atoms with E-state index in [4.69, 9.17) is 16.3 Å². The molecule has 1 nitrogen and oxygen atoms in total. The molecule has 1 aliphatic heterocycles. The molecule has 94 valence electrons. The molecular formula is C13H15ClF2O. The number of hydrogen-bond donors (Lipinski definition) is 0. The van der Waals surface area contributed by atoms with Crippen LogP contribution in [-0.4, -0.2) is 18.6 Å². The minimum Gasteiger partial charge on any atom is -0.378 e. The average Bonchev–Trinajstić information content (AvgIpc) is 2.65. The van der Waals surface area contributed by atoms with Gasteiger partial charge in [-0.2, -0.15) is 0 Å². The minimum atomic E-state index is -0.554. The molecule has 4 heteroatoms. The summed E-state index contributed by atoms with van der Waals surface area (Å²) in [6.07, 6.45) is 1.31. The van der Waals surface area contributed by atoms with E-state index in [1.54, 1.807) is 0 Å². The van der Waals surface area contributed by atoms with E-state index in [-0.39, 0.29) is 11.5 Å². The highest BCUT2D eigenvalue weighted by molar-refractivity contribution is 6.18. The Labute approximate surface area is 105 Å². The van der Waals surface area contributed by atoms with Gasteiger partial charge in [0.25, 0.3) is 0 Å². The molecule has 0 spiro atoms. The topological polar surface area (TPSA) is 9.23 Å². The fourth-order valence-corrected chi connectivity index (χ4v) is 2.76. The first kappa shape index (κ1) is 12.8. The van der Waals surface area contributed by atoms with Crippen LogP contribution in [0.5, 0.6) is 0 Å².